The molecular weight excluding hydrogens is 297 g/mol. The minimum atomic E-state index is -0.296. The van der Waals surface area contributed by atoms with Crippen LogP contribution in [0.2, 0.25) is 0 Å². The van der Waals surface area contributed by atoms with Gasteiger partial charge in [-0.25, -0.2) is 4.39 Å². The van der Waals surface area contributed by atoms with Gasteiger partial charge in [-0.05, 0) is 36.1 Å². The maximum atomic E-state index is 12.8. The summed E-state index contributed by atoms with van der Waals surface area (Å²) in [6, 6.07) is 6.01. The van der Waals surface area contributed by atoms with Crippen LogP contribution < -0.4 is 15.8 Å². The van der Waals surface area contributed by atoms with E-state index in [0.717, 1.165) is 19.5 Å². The van der Waals surface area contributed by atoms with E-state index in [0.29, 0.717) is 25.4 Å². The van der Waals surface area contributed by atoms with Crippen LogP contribution in [0.15, 0.2) is 24.3 Å². The molecule has 1 aliphatic rings. The number of carbonyl (C=O) groups is 1. The van der Waals surface area contributed by atoms with E-state index in [4.69, 9.17) is 10.5 Å². The highest BCUT2D eigenvalue weighted by Crippen LogP contribution is 2.27. The van der Waals surface area contributed by atoms with E-state index in [1.54, 1.807) is 12.1 Å². The van der Waals surface area contributed by atoms with Gasteiger partial charge in [-0.15, -0.1) is 0 Å². The van der Waals surface area contributed by atoms with Crippen molar-refractivity contribution >= 4 is 5.91 Å². The lowest BCUT2D eigenvalue weighted by atomic mass is 9.80. The van der Waals surface area contributed by atoms with Crippen molar-refractivity contribution in [1.82, 2.24) is 10.2 Å². The molecule has 0 bridgehead atoms. The van der Waals surface area contributed by atoms with Crippen LogP contribution in [0.5, 0.6) is 5.75 Å². The van der Waals surface area contributed by atoms with Crippen molar-refractivity contribution in [1.29, 1.82) is 0 Å². The fraction of sp³-hybridized carbons (Fsp3) is 0.588. The van der Waals surface area contributed by atoms with Gasteiger partial charge in [0, 0.05) is 19.1 Å². The Labute approximate surface area is 137 Å². The quantitative estimate of drug-likeness (QED) is 0.776. The van der Waals surface area contributed by atoms with Gasteiger partial charge < -0.3 is 15.8 Å². The van der Waals surface area contributed by atoms with E-state index in [9.17, 15) is 9.18 Å². The largest absolute Gasteiger partial charge is 0.492 e. The third-order valence-electron chi connectivity index (χ3n) is 4.27. The Hall–Kier alpha value is -1.66. The smallest absolute Gasteiger partial charge is 0.234 e. The summed E-state index contributed by atoms with van der Waals surface area (Å²) in [5, 5.41) is 2.84. The molecule has 6 heteroatoms. The van der Waals surface area contributed by atoms with Gasteiger partial charge in [0.2, 0.25) is 5.91 Å². The number of nitrogens with zero attached hydrogens (tertiary/aromatic N) is 1. The topological polar surface area (TPSA) is 67.6 Å². The van der Waals surface area contributed by atoms with Crippen LogP contribution >= 0.6 is 0 Å². The van der Waals surface area contributed by atoms with Crippen LogP contribution in [-0.2, 0) is 4.79 Å². The Morgan fingerprint density at radius 2 is 2.13 bits per heavy atom. The fourth-order valence-corrected chi connectivity index (χ4v) is 2.77. The second-order valence-corrected chi connectivity index (χ2v) is 6.75. The molecule has 3 N–H and O–H groups in total. The van der Waals surface area contributed by atoms with E-state index in [2.05, 4.69) is 24.1 Å². The Bertz CT molecular complexity index is 519. The number of benzene rings is 1. The maximum absolute atomic E-state index is 12.8. The first-order valence-electron chi connectivity index (χ1n) is 8.00. The molecule has 1 saturated heterocycles. The molecule has 23 heavy (non-hydrogen) atoms. The van der Waals surface area contributed by atoms with E-state index in [1.165, 1.54) is 12.1 Å². The zero-order valence-corrected chi connectivity index (χ0v) is 13.8. The zero-order valence-electron chi connectivity index (χ0n) is 13.8. The first-order valence-corrected chi connectivity index (χ1v) is 8.00. The Balaban J connectivity index is 1.64. The van der Waals surface area contributed by atoms with E-state index < -0.39 is 0 Å². The van der Waals surface area contributed by atoms with Crippen LogP contribution in [-0.4, -0.2) is 49.6 Å². The van der Waals surface area contributed by atoms with E-state index in [1.807, 2.05) is 0 Å². The van der Waals surface area contributed by atoms with Gasteiger partial charge in [-0.1, -0.05) is 13.8 Å². The summed E-state index contributed by atoms with van der Waals surface area (Å²) >= 11 is 0. The maximum Gasteiger partial charge on any atom is 0.234 e. The summed E-state index contributed by atoms with van der Waals surface area (Å²) in [6.45, 7) is 7.11. The number of piperidine rings is 1. The molecule has 1 atom stereocenters. The van der Waals surface area contributed by atoms with Gasteiger partial charge >= 0.3 is 0 Å². The highest BCUT2D eigenvalue weighted by atomic mass is 19.1. The average Bonchev–Trinajstić information content (AvgIpc) is 2.49. The molecule has 2 rings (SSSR count). The third-order valence-corrected chi connectivity index (χ3v) is 4.27. The third kappa shape index (κ3) is 5.48. The van der Waals surface area contributed by atoms with Gasteiger partial charge in [-0.3, -0.25) is 9.69 Å². The van der Waals surface area contributed by atoms with Crippen LogP contribution in [0, 0.1) is 11.2 Å². The predicted molar refractivity (Wildman–Crippen MR) is 87.7 cm³/mol. The monoisotopic (exact) mass is 323 g/mol. The first kappa shape index (κ1) is 17.7. The van der Waals surface area contributed by atoms with Crippen molar-refractivity contribution < 1.29 is 13.9 Å². The Morgan fingerprint density at radius 1 is 1.43 bits per heavy atom. The molecule has 5 nitrogen and oxygen atoms in total. The summed E-state index contributed by atoms with van der Waals surface area (Å²) < 4.78 is 18.2. The summed E-state index contributed by atoms with van der Waals surface area (Å²) in [4.78, 5) is 14.1. The minimum absolute atomic E-state index is 0.0148. The number of likely N-dealkylation sites (tertiary alicyclic amines) is 1. The lowest BCUT2D eigenvalue weighted by molar-refractivity contribution is -0.123. The summed E-state index contributed by atoms with van der Waals surface area (Å²) in [6.07, 6.45) is 0.911. The van der Waals surface area contributed by atoms with Crippen molar-refractivity contribution in [3.63, 3.8) is 0 Å². The number of ether oxygens (including phenoxy) is 1. The molecule has 1 unspecified atom stereocenters. The minimum Gasteiger partial charge on any atom is -0.492 e. The van der Waals surface area contributed by atoms with Crippen molar-refractivity contribution in [3.8, 4) is 5.75 Å². The van der Waals surface area contributed by atoms with Crippen LogP contribution in [0.4, 0.5) is 4.39 Å². The predicted octanol–water partition coefficient (Wildman–Crippen LogP) is 1.38. The first-order chi connectivity index (χ1) is 10.9. The summed E-state index contributed by atoms with van der Waals surface area (Å²) in [7, 11) is 0. The standard InChI is InChI=1S/C17H26FN3O2/c1-17(2)12-21(9-7-15(17)19)11-16(22)20-8-10-23-14-5-3-13(18)4-6-14/h3-6,15H,7-12,19H2,1-2H3,(H,20,22). The molecule has 0 saturated carbocycles. The number of amides is 1. The fourth-order valence-electron chi connectivity index (χ4n) is 2.77. The number of halogens is 1. The molecule has 0 spiro atoms. The zero-order chi connectivity index (χ0) is 16.9. The second kappa shape index (κ2) is 7.75. The highest BCUT2D eigenvalue weighted by Gasteiger charge is 2.33. The molecule has 0 aromatic heterocycles. The molecular formula is C17H26FN3O2. The molecule has 1 aliphatic heterocycles. The van der Waals surface area contributed by atoms with Crippen molar-refractivity contribution in [2.75, 3.05) is 32.8 Å². The average molecular weight is 323 g/mol. The normalized spacial score (nSPS) is 21.0. The van der Waals surface area contributed by atoms with Crippen molar-refractivity contribution in [3.05, 3.63) is 30.1 Å². The molecule has 1 aromatic carbocycles. The van der Waals surface area contributed by atoms with Gasteiger partial charge in [-0.2, -0.15) is 0 Å². The number of hydrogen-bond acceptors (Lipinski definition) is 4. The highest BCUT2D eigenvalue weighted by molar-refractivity contribution is 5.78. The van der Waals surface area contributed by atoms with Gasteiger partial charge in [0.25, 0.3) is 0 Å². The van der Waals surface area contributed by atoms with Crippen LogP contribution in [0.1, 0.15) is 20.3 Å². The Kier molecular flexibility index (Phi) is 5.96. The molecule has 1 heterocycles. The van der Waals surface area contributed by atoms with Gasteiger partial charge in [0.05, 0.1) is 13.1 Å². The van der Waals surface area contributed by atoms with Gasteiger partial charge in [0.15, 0.2) is 0 Å². The van der Waals surface area contributed by atoms with E-state index in [-0.39, 0.29) is 23.2 Å². The lowest BCUT2D eigenvalue weighted by Gasteiger charge is -2.42. The van der Waals surface area contributed by atoms with E-state index >= 15 is 0 Å². The van der Waals surface area contributed by atoms with Crippen molar-refractivity contribution in [2.24, 2.45) is 11.1 Å². The number of nitrogens with one attached hydrogen (secondary N) is 1. The lowest BCUT2D eigenvalue weighted by Crippen LogP contribution is -2.54. The molecule has 1 fully saturated rings. The number of hydrogen-bond donors (Lipinski definition) is 2. The van der Waals surface area contributed by atoms with Crippen molar-refractivity contribution in [2.45, 2.75) is 26.3 Å². The summed E-state index contributed by atoms with van der Waals surface area (Å²) in [5.74, 6) is 0.279. The SMILES string of the molecule is CC1(C)CN(CC(=O)NCCOc2ccc(F)cc2)CCC1N. The number of carbonyl (C=O) groups excluding carboxylic acids is 1. The molecule has 0 radical (unpaired) electrons. The Morgan fingerprint density at radius 3 is 2.78 bits per heavy atom. The number of rotatable bonds is 6. The second-order valence-electron chi connectivity index (χ2n) is 6.75. The summed E-state index contributed by atoms with van der Waals surface area (Å²) in [5.41, 5.74) is 6.13. The molecule has 1 amide bonds. The number of nitrogens with two attached hydrogens (primary N) is 1. The van der Waals surface area contributed by atoms with Crippen LogP contribution in [0.25, 0.3) is 0 Å². The van der Waals surface area contributed by atoms with Crippen LogP contribution in [0.3, 0.4) is 0 Å². The van der Waals surface area contributed by atoms with Gasteiger partial charge in [0.1, 0.15) is 18.2 Å². The molecule has 128 valence electrons. The molecule has 1 aromatic rings. The molecule has 0 aliphatic carbocycles.